The Morgan fingerprint density at radius 1 is 1.26 bits per heavy atom. The minimum Gasteiger partial charge on any atom is -0.373 e. The zero-order valence-corrected chi connectivity index (χ0v) is 16.6. The van der Waals surface area contributed by atoms with Crippen molar-refractivity contribution in [1.29, 1.82) is 0 Å². The third-order valence-corrected chi connectivity index (χ3v) is 6.00. The van der Waals surface area contributed by atoms with E-state index < -0.39 is 0 Å². The lowest BCUT2D eigenvalue weighted by Crippen LogP contribution is -2.32. The molecule has 2 aliphatic heterocycles. The minimum absolute atomic E-state index is 0.0394. The van der Waals surface area contributed by atoms with Crippen molar-refractivity contribution < 1.29 is 9.26 Å². The first-order chi connectivity index (χ1) is 13.0. The lowest BCUT2D eigenvalue weighted by molar-refractivity contribution is -0.0204. The van der Waals surface area contributed by atoms with Crippen LogP contribution in [0.4, 0.5) is 0 Å². The molecule has 4 unspecified atom stereocenters. The topological polar surface area (TPSA) is 63.8 Å². The Bertz CT molecular complexity index is 812. The van der Waals surface area contributed by atoms with E-state index in [-0.39, 0.29) is 6.10 Å². The van der Waals surface area contributed by atoms with E-state index in [9.17, 15) is 0 Å². The minimum atomic E-state index is 0.0394. The SMILES string of the molecule is Cc1cccnc1C(C1C=NN(C)C1)C1CCOC(c2c(C)noc2C)C1. The highest BCUT2D eigenvalue weighted by Gasteiger charge is 2.39. The Kier molecular flexibility index (Phi) is 5.00. The molecule has 2 aliphatic rings. The molecule has 6 heteroatoms. The summed E-state index contributed by atoms with van der Waals surface area (Å²) in [4.78, 5) is 4.79. The Morgan fingerprint density at radius 3 is 2.78 bits per heavy atom. The number of rotatable bonds is 4. The maximum Gasteiger partial charge on any atom is 0.139 e. The van der Waals surface area contributed by atoms with Gasteiger partial charge in [-0.05, 0) is 51.2 Å². The number of aryl methyl sites for hydroxylation is 3. The van der Waals surface area contributed by atoms with Crippen molar-refractivity contribution in [2.45, 2.75) is 45.6 Å². The van der Waals surface area contributed by atoms with E-state index in [2.05, 4.69) is 29.5 Å². The molecular formula is C21H28N4O2. The second kappa shape index (κ2) is 7.43. The third kappa shape index (κ3) is 3.50. The number of aromatic nitrogens is 2. The number of ether oxygens (including phenoxy) is 1. The maximum atomic E-state index is 6.15. The van der Waals surface area contributed by atoms with Crippen molar-refractivity contribution in [2.75, 3.05) is 20.2 Å². The Labute approximate surface area is 160 Å². The quantitative estimate of drug-likeness (QED) is 0.821. The van der Waals surface area contributed by atoms with Gasteiger partial charge in [0.1, 0.15) is 5.76 Å². The highest BCUT2D eigenvalue weighted by atomic mass is 16.5. The summed E-state index contributed by atoms with van der Waals surface area (Å²) < 4.78 is 11.5. The Hall–Kier alpha value is -2.21. The normalized spacial score (nSPS) is 26.5. The molecule has 0 spiro atoms. The lowest BCUT2D eigenvalue weighted by Gasteiger charge is -2.37. The van der Waals surface area contributed by atoms with Crippen LogP contribution in [0.5, 0.6) is 0 Å². The zero-order chi connectivity index (χ0) is 19.0. The van der Waals surface area contributed by atoms with Crippen LogP contribution in [-0.4, -0.2) is 41.6 Å². The molecule has 2 aromatic heterocycles. The van der Waals surface area contributed by atoms with Gasteiger partial charge in [-0.15, -0.1) is 0 Å². The van der Waals surface area contributed by atoms with E-state index in [0.29, 0.717) is 17.8 Å². The largest absolute Gasteiger partial charge is 0.373 e. The van der Waals surface area contributed by atoms with Gasteiger partial charge in [0.25, 0.3) is 0 Å². The highest BCUT2D eigenvalue weighted by Crippen LogP contribution is 2.44. The van der Waals surface area contributed by atoms with Crippen molar-refractivity contribution >= 4 is 6.21 Å². The molecule has 4 heterocycles. The molecule has 0 amide bonds. The van der Waals surface area contributed by atoms with Gasteiger partial charge < -0.3 is 9.26 Å². The molecule has 1 saturated heterocycles. The summed E-state index contributed by atoms with van der Waals surface area (Å²) in [5.74, 6) is 2.06. The lowest BCUT2D eigenvalue weighted by atomic mass is 9.73. The second-order valence-corrected chi connectivity index (χ2v) is 7.88. The maximum absolute atomic E-state index is 6.15. The molecule has 6 nitrogen and oxygen atoms in total. The van der Waals surface area contributed by atoms with Crippen molar-refractivity contribution in [1.82, 2.24) is 15.1 Å². The number of nitrogens with zero attached hydrogens (tertiary/aromatic N) is 4. The third-order valence-electron chi connectivity index (χ3n) is 6.00. The summed E-state index contributed by atoms with van der Waals surface area (Å²) in [6, 6.07) is 4.18. The number of hydrogen-bond donors (Lipinski definition) is 0. The van der Waals surface area contributed by atoms with Gasteiger partial charge in [-0.2, -0.15) is 5.10 Å². The summed E-state index contributed by atoms with van der Waals surface area (Å²) >= 11 is 0. The molecule has 0 N–H and O–H groups in total. The van der Waals surface area contributed by atoms with Gasteiger partial charge in [-0.1, -0.05) is 11.2 Å². The van der Waals surface area contributed by atoms with E-state index in [0.717, 1.165) is 43.0 Å². The van der Waals surface area contributed by atoms with Crippen LogP contribution < -0.4 is 0 Å². The van der Waals surface area contributed by atoms with Gasteiger partial charge in [0, 0.05) is 55.7 Å². The zero-order valence-electron chi connectivity index (χ0n) is 16.6. The van der Waals surface area contributed by atoms with Crippen molar-refractivity contribution in [3.63, 3.8) is 0 Å². The molecule has 0 aliphatic carbocycles. The molecule has 4 atom stereocenters. The summed E-state index contributed by atoms with van der Waals surface area (Å²) in [5.41, 5.74) is 4.51. The standard InChI is InChI=1S/C21H28N4O2/c1-13-6-5-8-22-21(13)20(17-11-23-25(4)12-17)16-7-9-26-18(10-16)19-14(2)24-27-15(19)3/h5-6,8,11,16-18,20H,7,9-10,12H2,1-4H3. The predicted octanol–water partition coefficient (Wildman–Crippen LogP) is 3.79. The fourth-order valence-corrected chi connectivity index (χ4v) is 4.73. The van der Waals surface area contributed by atoms with Gasteiger partial charge in [0.05, 0.1) is 11.8 Å². The van der Waals surface area contributed by atoms with Crippen LogP contribution in [0.3, 0.4) is 0 Å². The molecule has 0 saturated carbocycles. The number of hydrogen-bond acceptors (Lipinski definition) is 6. The van der Waals surface area contributed by atoms with Gasteiger partial charge in [0.2, 0.25) is 0 Å². The first-order valence-electron chi connectivity index (χ1n) is 9.75. The second-order valence-electron chi connectivity index (χ2n) is 7.88. The van der Waals surface area contributed by atoms with Crippen molar-refractivity contribution in [3.05, 3.63) is 46.6 Å². The Balaban J connectivity index is 1.66. The van der Waals surface area contributed by atoms with Crippen LogP contribution in [0.2, 0.25) is 0 Å². The molecule has 0 bridgehead atoms. The molecule has 27 heavy (non-hydrogen) atoms. The number of pyridine rings is 1. The summed E-state index contributed by atoms with van der Waals surface area (Å²) in [6.07, 6.45) is 6.05. The molecule has 4 rings (SSSR count). The van der Waals surface area contributed by atoms with Gasteiger partial charge in [-0.25, -0.2) is 0 Å². The van der Waals surface area contributed by atoms with E-state index >= 15 is 0 Å². The van der Waals surface area contributed by atoms with E-state index in [1.807, 2.05) is 38.2 Å². The van der Waals surface area contributed by atoms with Gasteiger partial charge in [-0.3, -0.25) is 9.99 Å². The highest BCUT2D eigenvalue weighted by molar-refractivity contribution is 5.64. The van der Waals surface area contributed by atoms with Crippen LogP contribution in [0, 0.1) is 32.6 Å². The predicted molar refractivity (Wildman–Crippen MR) is 104 cm³/mol. The molecular weight excluding hydrogens is 340 g/mol. The van der Waals surface area contributed by atoms with Crippen molar-refractivity contribution in [3.8, 4) is 0 Å². The van der Waals surface area contributed by atoms with E-state index in [4.69, 9.17) is 14.2 Å². The molecule has 144 valence electrons. The fraction of sp³-hybridized carbons (Fsp3) is 0.571. The van der Waals surface area contributed by atoms with Crippen LogP contribution in [-0.2, 0) is 4.74 Å². The smallest absolute Gasteiger partial charge is 0.139 e. The fourth-order valence-electron chi connectivity index (χ4n) is 4.73. The van der Waals surface area contributed by atoms with E-state index in [1.165, 1.54) is 11.3 Å². The first kappa shape index (κ1) is 18.2. The first-order valence-corrected chi connectivity index (χ1v) is 9.75. The molecule has 0 aromatic carbocycles. The molecule has 2 aromatic rings. The average Bonchev–Trinajstić information content (AvgIpc) is 3.22. The van der Waals surface area contributed by atoms with E-state index in [1.54, 1.807) is 0 Å². The molecule has 1 fully saturated rings. The van der Waals surface area contributed by atoms with Crippen LogP contribution in [0.15, 0.2) is 28.0 Å². The number of hydrazone groups is 1. The monoisotopic (exact) mass is 368 g/mol. The summed E-state index contributed by atoms with van der Waals surface area (Å²) in [5, 5.41) is 10.7. The van der Waals surface area contributed by atoms with Crippen LogP contribution >= 0.6 is 0 Å². The Morgan fingerprint density at radius 2 is 2.11 bits per heavy atom. The average molecular weight is 368 g/mol. The van der Waals surface area contributed by atoms with Gasteiger partial charge in [0.15, 0.2) is 0 Å². The summed E-state index contributed by atoms with van der Waals surface area (Å²) in [6.45, 7) is 7.82. The van der Waals surface area contributed by atoms with Crippen LogP contribution in [0.1, 0.15) is 53.1 Å². The summed E-state index contributed by atoms with van der Waals surface area (Å²) in [7, 11) is 2.04. The molecule has 0 radical (unpaired) electrons. The van der Waals surface area contributed by atoms with Crippen LogP contribution in [0.25, 0.3) is 0 Å². The van der Waals surface area contributed by atoms with Gasteiger partial charge >= 0.3 is 0 Å². The van der Waals surface area contributed by atoms with Crippen molar-refractivity contribution in [2.24, 2.45) is 16.9 Å².